The van der Waals surface area contributed by atoms with Gasteiger partial charge in [-0.15, -0.1) is 11.6 Å². The summed E-state index contributed by atoms with van der Waals surface area (Å²) in [4.78, 5) is 0. The van der Waals surface area contributed by atoms with Gasteiger partial charge in [0.25, 0.3) is 0 Å². The van der Waals surface area contributed by atoms with Gasteiger partial charge in [-0.1, -0.05) is 38.1 Å². The van der Waals surface area contributed by atoms with E-state index in [9.17, 15) is 10.2 Å². The van der Waals surface area contributed by atoms with Crippen LogP contribution in [0.15, 0.2) is 59.9 Å². The third kappa shape index (κ3) is 7.78. The molecule has 0 fully saturated rings. The van der Waals surface area contributed by atoms with E-state index >= 15 is 0 Å². The highest BCUT2D eigenvalue weighted by Crippen LogP contribution is 2.33. The molecule has 188 valence electrons. The molecule has 2 aromatic rings. The van der Waals surface area contributed by atoms with E-state index in [1.807, 2.05) is 48.5 Å². The van der Waals surface area contributed by atoms with Crippen molar-refractivity contribution in [1.29, 1.82) is 0 Å². The molecule has 0 aromatic heterocycles. The van der Waals surface area contributed by atoms with Gasteiger partial charge in [-0.25, -0.2) is 5.84 Å². The predicted molar refractivity (Wildman–Crippen MR) is 134 cm³/mol. The fraction of sp³-hybridized carbons (Fsp3) is 0.440. The number of benzene rings is 2. The van der Waals surface area contributed by atoms with Gasteiger partial charge in [0.1, 0.15) is 36.9 Å². The molecule has 0 amide bonds. The molecule has 8 nitrogen and oxygen atoms in total. The highest BCUT2D eigenvalue weighted by Gasteiger charge is 2.23. The van der Waals surface area contributed by atoms with Crippen molar-refractivity contribution in [1.82, 2.24) is 5.01 Å². The summed E-state index contributed by atoms with van der Waals surface area (Å²) >= 11 is 5.59. The number of rotatable bonds is 13. The summed E-state index contributed by atoms with van der Waals surface area (Å²) in [6, 6.07) is 15.5. The molecular formula is C25H36ClN3O5. The summed E-state index contributed by atoms with van der Waals surface area (Å²) in [7, 11) is 0. The smallest absolute Gasteiger partial charge is 0.119 e. The van der Waals surface area contributed by atoms with E-state index < -0.39 is 12.2 Å². The Morgan fingerprint density at radius 1 is 0.941 bits per heavy atom. The second kappa shape index (κ2) is 12.8. The fourth-order valence-corrected chi connectivity index (χ4v) is 3.34. The molecule has 2 atom stereocenters. The monoisotopic (exact) mass is 493 g/mol. The lowest BCUT2D eigenvalue weighted by molar-refractivity contribution is 0.0779. The number of hydrogen-bond acceptors (Lipinski definition) is 8. The van der Waals surface area contributed by atoms with Crippen molar-refractivity contribution in [2.45, 2.75) is 38.4 Å². The van der Waals surface area contributed by atoms with Crippen molar-refractivity contribution < 1.29 is 24.8 Å². The number of hydrogen-bond donors (Lipinski definition) is 5. The summed E-state index contributed by atoms with van der Waals surface area (Å²) < 4.78 is 11.3. The highest BCUT2D eigenvalue weighted by atomic mass is 35.5. The first-order valence-corrected chi connectivity index (χ1v) is 11.6. The molecule has 2 unspecified atom stereocenters. The van der Waals surface area contributed by atoms with Crippen LogP contribution in [0.5, 0.6) is 11.5 Å². The zero-order valence-corrected chi connectivity index (χ0v) is 20.7. The topological polar surface area (TPSA) is 134 Å². The summed E-state index contributed by atoms with van der Waals surface area (Å²) in [5.41, 5.74) is 8.36. The SMILES string of the molecule is C/C(=C(/N)CO)N(N)CC(O)COc1ccc(C(C)(C)c2ccc(OCC(O)CCl)cc2)cc1. The van der Waals surface area contributed by atoms with Gasteiger partial charge >= 0.3 is 0 Å². The summed E-state index contributed by atoms with van der Waals surface area (Å²) in [5.74, 6) is 7.31. The van der Waals surface area contributed by atoms with E-state index in [0.29, 0.717) is 17.2 Å². The minimum absolute atomic E-state index is 0.0582. The van der Waals surface area contributed by atoms with Crippen molar-refractivity contribution in [3.05, 3.63) is 71.1 Å². The number of alkyl halides is 1. The van der Waals surface area contributed by atoms with Crippen LogP contribution in [0.4, 0.5) is 0 Å². The van der Waals surface area contributed by atoms with Gasteiger partial charge in [0, 0.05) is 11.1 Å². The molecule has 0 saturated heterocycles. The fourth-order valence-electron chi connectivity index (χ4n) is 3.25. The van der Waals surface area contributed by atoms with Crippen molar-refractivity contribution in [2.75, 3.05) is 32.2 Å². The molecule has 0 saturated carbocycles. The maximum atomic E-state index is 10.2. The van der Waals surface area contributed by atoms with Crippen molar-refractivity contribution in [3.8, 4) is 11.5 Å². The molecule has 0 radical (unpaired) electrons. The van der Waals surface area contributed by atoms with E-state index in [0.717, 1.165) is 11.1 Å². The Balaban J connectivity index is 1.95. The Hall–Kier alpha value is -2.49. The zero-order chi connectivity index (χ0) is 25.3. The van der Waals surface area contributed by atoms with Crippen LogP contribution in [0.25, 0.3) is 0 Å². The minimum Gasteiger partial charge on any atom is -0.491 e. The second-order valence-electron chi connectivity index (χ2n) is 8.68. The van der Waals surface area contributed by atoms with Crippen molar-refractivity contribution in [2.24, 2.45) is 11.6 Å². The molecule has 0 aliphatic carbocycles. The molecule has 34 heavy (non-hydrogen) atoms. The van der Waals surface area contributed by atoms with E-state index in [1.54, 1.807) is 6.92 Å². The number of allylic oxidation sites excluding steroid dienone is 1. The Morgan fingerprint density at radius 3 is 1.79 bits per heavy atom. The molecule has 2 aromatic carbocycles. The van der Waals surface area contributed by atoms with Crippen LogP contribution in [-0.2, 0) is 5.41 Å². The van der Waals surface area contributed by atoms with Crippen LogP contribution in [0.1, 0.15) is 31.9 Å². The second-order valence-corrected chi connectivity index (χ2v) is 8.99. The summed E-state index contributed by atoms with van der Waals surface area (Å²) in [6.45, 7) is 5.95. The number of halogens is 1. The average Bonchev–Trinajstić information content (AvgIpc) is 2.85. The Kier molecular flexibility index (Phi) is 10.5. The first-order valence-electron chi connectivity index (χ1n) is 11.1. The Bertz CT molecular complexity index is 919. The van der Waals surface area contributed by atoms with E-state index in [2.05, 4.69) is 13.8 Å². The van der Waals surface area contributed by atoms with Crippen molar-refractivity contribution in [3.63, 3.8) is 0 Å². The van der Waals surface area contributed by atoms with Gasteiger partial charge < -0.3 is 35.5 Å². The number of hydrazine groups is 1. The molecule has 0 heterocycles. The van der Waals surface area contributed by atoms with Crippen LogP contribution < -0.4 is 21.1 Å². The quantitative estimate of drug-likeness (QED) is 0.163. The molecule has 0 bridgehead atoms. The van der Waals surface area contributed by atoms with Gasteiger partial charge in [-0.2, -0.15) is 0 Å². The van der Waals surface area contributed by atoms with E-state index in [4.69, 9.17) is 37.8 Å². The number of aliphatic hydroxyl groups excluding tert-OH is 3. The third-order valence-corrected chi connectivity index (χ3v) is 6.04. The van der Waals surface area contributed by atoms with Crippen LogP contribution >= 0.6 is 11.6 Å². The molecule has 0 aliphatic heterocycles. The molecule has 2 rings (SSSR count). The predicted octanol–water partition coefficient (Wildman–Crippen LogP) is 2.09. The third-order valence-electron chi connectivity index (χ3n) is 5.69. The molecular weight excluding hydrogens is 458 g/mol. The largest absolute Gasteiger partial charge is 0.491 e. The normalized spacial score (nSPS) is 14.2. The lowest BCUT2D eigenvalue weighted by Crippen LogP contribution is -2.40. The van der Waals surface area contributed by atoms with Crippen LogP contribution in [0.3, 0.4) is 0 Å². The van der Waals surface area contributed by atoms with Gasteiger partial charge in [0.05, 0.1) is 24.7 Å². The molecule has 9 heteroatoms. The maximum Gasteiger partial charge on any atom is 0.119 e. The number of ether oxygens (including phenoxy) is 2. The lowest BCUT2D eigenvalue weighted by Gasteiger charge is -2.27. The number of aliphatic hydroxyl groups is 3. The average molecular weight is 494 g/mol. The van der Waals surface area contributed by atoms with Crippen LogP contribution in [-0.4, -0.2) is 64.8 Å². The van der Waals surface area contributed by atoms with Crippen molar-refractivity contribution >= 4 is 11.6 Å². The summed E-state index contributed by atoms with van der Waals surface area (Å²) in [5, 5.41) is 30.1. The van der Waals surface area contributed by atoms with E-state index in [1.165, 1.54) is 5.01 Å². The minimum atomic E-state index is -0.839. The molecule has 0 aliphatic rings. The first kappa shape index (κ1) is 27.8. The van der Waals surface area contributed by atoms with Gasteiger partial charge in [0.15, 0.2) is 0 Å². The van der Waals surface area contributed by atoms with Gasteiger partial charge in [0.2, 0.25) is 0 Å². The zero-order valence-electron chi connectivity index (χ0n) is 19.9. The maximum absolute atomic E-state index is 10.2. The van der Waals surface area contributed by atoms with E-state index in [-0.39, 0.29) is 43.4 Å². The lowest BCUT2D eigenvalue weighted by atomic mass is 9.78. The molecule has 7 N–H and O–H groups in total. The number of nitrogens with two attached hydrogens (primary N) is 2. The van der Waals surface area contributed by atoms with Crippen LogP contribution in [0.2, 0.25) is 0 Å². The first-order chi connectivity index (χ1) is 16.1. The number of nitrogens with zero attached hydrogens (tertiary/aromatic N) is 1. The Labute approximate surface area is 206 Å². The standard InChI is InChI=1S/C25H36ClN3O5/c1-17(24(27)14-30)29(28)13-21(32)16-34-23-10-6-19(7-11-23)25(2,3)18-4-8-22(9-5-18)33-15-20(31)12-26/h4-11,20-21,30-32H,12-16,27-28H2,1-3H3/b24-17-. The highest BCUT2D eigenvalue weighted by molar-refractivity contribution is 6.18. The van der Waals surface area contributed by atoms with Crippen LogP contribution in [0, 0.1) is 0 Å². The van der Waals surface area contributed by atoms with Gasteiger partial charge in [-0.3, -0.25) is 0 Å². The Morgan fingerprint density at radius 2 is 1.38 bits per heavy atom. The van der Waals surface area contributed by atoms with Gasteiger partial charge in [-0.05, 0) is 42.3 Å². The summed E-state index contributed by atoms with van der Waals surface area (Å²) in [6.07, 6.45) is -1.53. The molecule has 0 spiro atoms.